The van der Waals surface area contributed by atoms with Crippen LogP contribution >= 0.6 is 0 Å². The van der Waals surface area contributed by atoms with Crippen LogP contribution in [0.3, 0.4) is 0 Å². The second-order valence-corrected chi connectivity index (χ2v) is 10.6. The van der Waals surface area contributed by atoms with Crippen molar-refractivity contribution in [2.24, 2.45) is 5.92 Å². The molecule has 0 radical (unpaired) electrons. The maximum Gasteiger partial charge on any atom is 0.257 e. The minimum Gasteiger partial charge on any atom is -0.480 e. The fourth-order valence-electron chi connectivity index (χ4n) is 5.56. The van der Waals surface area contributed by atoms with Crippen LogP contribution in [0.1, 0.15) is 34.6 Å². The molecule has 0 unspecified atom stereocenters. The number of nitrogens with one attached hydrogen (secondary N) is 1. The average molecular weight is 584 g/mol. The summed E-state index contributed by atoms with van der Waals surface area (Å²) in [7, 11) is 1.35. The highest BCUT2D eigenvalue weighted by molar-refractivity contribution is 5.98. The van der Waals surface area contributed by atoms with Crippen molar-refractivity contribution in [3.63, 3.8) is 0 Å². The quantitative estimate of drug-likeness (QED) is 0.337. The first-order valence-corrected chi connectivity index (χ1v) is 13.3. The van der Waals surface area contributed by atoms with Gasteiger partial charge in [0, 0.05) is 55.0 Å². The lowest BCUT2D eigenvalue weighted by Gasteiger charge is -2.36. The third-order valence-corrected chi connectivity index (χ3v) is 7.83. The number of methoxy groups -OCH3 is 1. The third kappa shape index (κ3) is 4.88. The first-order valence-electron chi connectivity index (χ1n) is 13.3. The Bertz CT molecular complexity index is 1680. The molecule has 1 aliphatic heterocycles. The van der Waals surface area contributed by atoms with Crippen molar-refractivity contribution in [3.8, 4) is 17.1 Å². The minimum absolute atomic E-state index is 0.0125. The molecule has 1 saturated carbocycles. The van der Waals surface area contributed by atoms with Crippen LogP contribution in [0.4, 0.5) is 19.0 Å². The molecule has 12 nitrogen and oxygen atoms in total. The number of pyridine rings is 1. The van der Waals surface area contributed by atoms with E-state index < -0.39 is 48.7 Å². The monoisotopic (exact) mass is 583 g/mol. The number of hydrogen-bond donors (Lipinski definition) is 2. The molecule has 2 aliphatic rings. The Morgan fingerprint density at radius 1 is 1.19 bits per heavy atom. The molecule has 42 heavy (non-hydrogen) atoms. The summed E-state index contributed by atoms with van der Waals surface area (Å²) in [5.41, 5.74) is 8.74. The number of ether oxygens (including phenoxy) is 1. The van der Waals surface area contributed by atoms with Crippen LogP contribution in [0.2, 0.25) is 0 Å². The molecule has 1 aliphatic carbocycles. The molecule has 3 N–H and O–H groups in total. The standard InChI is InChI=1S/C27H28F3N9O3/c1-14-32-3-4-37(14)10-16-6-21(39-22(16)23(31)34-13-35-39)15-5-18(25(42-2)33-9-15)24(40)36-20-12-38(11-19(20)28)26(41)17-7-27(29,30)8-17/h3-6,9,13,17,19-20H,7-8,10-12H2,1-2H3,(H,36,40)(H2,31,34,35)/t19-,20+/m0/s1. The molecule has 0 spiro atoms. The zero-order valence-electron chi connectivity index (χ0n) is 22.8. The summed E-state index contributed by atoms with van der Waals surface area (Å²) in [6.07, 6.45) is 3.73. The Hall–Kier alpha value is -4.69. The number of hydrogen-bond acceptors (Lipinski definition) is 8. The van der Waals surface area contributed by atoms with Gasteiger partial charge in [-0.25, -0.2) is 32.6 Å². The Balaban J connectivity index is 1.27. The Kier molecular flexibility index (Phi) is 6.74. The van der Waals surface area contributed by atoms with Crippen LogP contribution in [0.15, 0.2) is 37.1 Å². The molecule has 2 atom stereocenters. The minimum atomic E-state index is -2.86. The van der Waals surface area contributed by atoms with Gasteiger partial charge in [-0.15, -0.1) is 0 Å². The van der Waals surface area contributed by atoms with Gasteiger partial charge >= 0.3 is 0 Å². The van der Waals surface area contributed by atoms with Gasteiger partial charge in [0.15, 0.2) is 5.82 Å². The van der Waals surface area contributed by atoms with Gasteiger partial charge in [-0.3, -0.25) is 9.59 Å². The number of amides is 2. The summed E-state index contributed by atoms with van der Waals surface area (Å²) in [6, 6.07) is 2.39. The largest absolute Gasteiger partial charge is 0.480 e. The second kappa shape index (κ2) is 10.3. The number of aromatic nitrogens is 6. The molecule has 5 heterocycles. The fraction of sp³-hybridized carbons (Fsp3) is 0.407. The van der Waals surface area contributed by atoms with Crippen molar-refractivity contribution in [1.82, 2.24) is 39.3 Å². The lowest BCUT2D eigenvalue weighted by Crippen LogP contribution is -2.47. The Labute approximate surface area is 237 Å². The maximum absolute atomic E-state index is 14.9. The zero-order valence-corrected chi connectivity index (χ0v) is 22.8. The van der Waals surface area contributed by atoms with Crippen LogP contribution in [0, 0.1) is 12.8 Å². The lowest BCUT2D eigenvalue weighted by atomic mass is 9.80. The van der Waals surface area contributed by atoms with Crippen molar-refractivity contribution < 1.29 is 27.5 Å². The van der Waals surface area contributed by atoms with E-state index in [1.807, 2.05) is 23.8 Å². The van der Waals surface area contributed by atoms with Gasteiger partial charge in [-0.1, -0.05) is 0 Å². The van der Waals surface area contributed by atoms with E-state index in [1.54, 1.807) is 16.8 Å². The van der Waals surface area contributed by atoms with Crippen molar-refractivity contribution >= 4 is 23.1 Å². The molecule has 2 fully saturated rings. The number of alkyl halides is 3. The third-order valence-electron chi connectivity index (χ3n) is 7.83. The number of nitrogens with zero attached hydrogens (tertiary/aromatic N) is 7. The number of anilines is 1. The molecular formula is C27H28F3N9O3. The molecule has 0 aromatic carbocycles. The normalized spacial score (nSPS) is 20.1. The zero-order chi connectivity index (χ0) is 29.8. The van der Waals surface area contributed by atoms with Gasteiger partial charge in [0.05, 0.1) is 31.9 Å². The summed E-state index contributed by atoms with van der Waals surface area (Å²) in [4.78, 5) is 39.8. The number of rotatable bonds is 7. The molecular weight excluding hydrogens is 555 g/mol. The van der Waals surface area contributed by atoms with E-state index in [4.69, 9.17) is 10.5 Å². The molecule has 2 amide bonds. The van der Waals surface area contributed by atoms with Gasteiger partial charge in [0.2, 0.25) is 17.7 Å². The summed E-state index contributed by atoms with van der Waals surface area (Å²) < 4.78 is 50.2. The number of likely N-dealkylation sites (tertiary alicyclic amines) is 1. The van der Waals surface area contributed by atoms with Gasteiger partial charge in [0.25, 0.3) is 5.91 Å². The van der Waals surface area contributed by atoms with Crippen molar-refractivity contribution in [2.45, 2.75) is 44.4 Å². The van der Waals surface area contributed by atoms with Gasteiger partial charge < -0.3 is 25.3 Å². The number of halogens is 3. The van der Waals surface area contributed by atoms with Crippen LogP contribution in [-0.2, 0) is 11.3 Å². The van der Waals surface area contributed by atoms with E-state index in [9.17, 15) is 22.8 Å². The number of imidazole rings is 1. The number of carbonyl (C=O) groups excluding carboxylic acids is 2. The predicted octanol–water partition coefficient (Wildman–Crippen LogP) is 2.26. The van der Waals surface area contributed by atoms with E-state index >= 15 is 0 Å². The highest BCUT2D eigenvalue weighted by Gasteiger charge is 2.51. The molecule has 1 saturated heterocycles. The van der Waals surface area contributed by atoms with Crippen LogP contribution in [0.5, 0.6) is 5.88 Å². The number of fused-ring (bicyclic) bond motifs is 1. The molecule has 220 valence electrons. The Morgan fingerprint density at radius 2 is 1.98 bits per heavy atom. The number of aryl methyl sites for hydroxylation is 1. The second-order valence-electron chi connectivity index (χ2n) is 10.6. The van der Waals surface area contributed by atoms with Crippen molar-refractivity contribution in [2.75, 3.05) is 25.9 Å². The SMILES string of the molecule is COc1ncc(-c2cc(Cn3ccnc3C)c3c(N)ncnn23)cc1C(=O)N[C@@H]1CN(C(=O)C2CC(F)(F)C2)C[C@@H]1F. The maximum atomic E-state index is 14.9. The molecule has 6 rings (SSSR count). The predicted molar refractivity (Wildman–Crippen MR) is 144 cm³/mol. The topological polar surface area (TPSA) is 146 Å². The van der Waals surface area contributed by atoms with Crippen LogP contribution < -0.4 is 15.8 Å². The number of nitrogens with two attached hydrogens (primary N) is 1. The summed E-state index contributed by atoms with van der Waals surface area (Å²) in [5.74, 6) is -3.80. The van der Waals surface area contributed by atoms with Crippen LogP contribution in [0.25, 0.3) is 16.8 Å². The van der Waals surface area contributed by atoms with Crippen LogP contribution in [-0.4, -0.2) is 84.2 Å². The fourth-order valence-corrected chi connectivity index (χ4v) is 5.56. The van der Waals surface area contributed by atoms with E-state index in [-0.39, 0.29) is 30.4 Å². The molecule has 4 aromatic heterocycles. The smallest absolute Gasteiger partial charge is 0.257 e. The Morgan fingerprint density at radius 3 is 2.67 bits per heavy atom. The number of carbonyl (C=O) groups is 2. The van der Waals surface area contributed by atoms with Gasteiger partial charge in [0.1, 0.15) is 29.4 Å². The van der Waals surface area contributed by atoms with E-state index in [0.29, 0.717) is 23.3 Å². The number of nitrogen functional groups attached to an aromatic ring is 1. The average Bonchev–Trinajstić information content (AvgIpc) is 3.64. The highest BCUT2D eigenvalue weighted by Crippen LogP contribution is 2.43. The summed E-state index contributed by atoms with van der Waals surface area (Å²) >= 11 is 0. The summed E-state index contributed by atoms with van der Waals surface area (Å²) in [5, 5.41) is 6.99. The molecule has 0 bridgehead atoms. The van der Waals surface area contributed by atoms with Crippen molar-refractivity contribution in [1.29, 1.82) is 0 Å². The van der Waals surface area contributed by atoms with E-state index in [1.165, 1.54) is 24.5 Å². The van der Waals surface area contributed by atoms with Gasteiger partial charge in [-0.2, -0.15) is 5.10 Å². The first-order chi connectivity index (χ1) is 20.0. The van der Waals surface area contributed by atoms with Gasteiger partial charge in [-0.05, 0) is 19.1 Å². The van der Waals surface area contributed by atoms with E-state index in [0.717, 1.165) is 11.4 Å². The summed E-state index contributed by atoms with van der Waals surface area (Å²) in [6.45, 7) is 1.92. The highest BCUT2D eigenvalue weighted by atomic mass is 19.3. The van der Waals surface area contributed by atoms with E-state index in [2.05, 4.69) is 25.4 Å². The molecule has 15 heteroatoms. The van der Waals surface area contributed by atoms with Crippen molar-refractivity contribution in [3.05, 3.63) is 54.0 Å². The first kappa shape index (κ1) is 27.5. The molecule has 4 aromatic rings. The lowest BCUT2D eigenvalue weighted by molar-refractivity contribution is -0.159.